The van der Waals surface area contributed by atoms with Gasteiger partial charge in [-0.15, -0.1) is 0 Å². The van der Waals surface area contributed by atoms with E-state index in [1.807, 2.05) is 13.8 Å². The molecule has 0 unspecified atom stereocenters. The molecule has 0 atom stereocenters. The summed E-state index contributed by atoms with van der Waals surface area (Å²) in [4.78, 5) is 11.4. The van der Waals surface area contributed by atoms with Crippen molar-refractivity contribution in [1.82, 2.24) is 10.6 Å². The Bertz CT molecular complexity index is 444. The van der Waals surface area contributed by atoms with E-state index in [2.05, 4.69) is 36.6 Å². The van der Waals surface area contributed by atoms with Crippen molar-refractivity contribution in [2.45, 2.75) is 40.5 Å². The van der Waals surface area contributed by atoms with Gasteiger partial charge in [0.2, 0.25) is 0 Å². The van der Waals surface area contributed by atoms with Crippen LogP contribution in [0.25, 0.3) is 0 Å². The Kier molecular flexibility index (Phi) is 6.91. The van der Waals surface area contributed by atoms with Crippen molar-refractivity contribution in [3.05, 3.63) is 28.8 Å². The van der Waals surface area contributed by atoms with Crippen molar-refractivity contribution < 1.29 is 9.53 Å². The molecule has 0 saturated heterocycles. The molecule has 1 aromatic rings. The van der Waals surface area contributed by atoms with Crippen molar-refractivity contribution in [3.63, 3.8) is 0 Å². The molecule has 0 bridgehead atoms. The Morgan fingerprint density at radius 3 is 2.45 bits per heavy atom. The van der Waals surface area contributed by atoms with Gasteiger partial charge in [0.05, 0.1) is 6.61 Å². The van der Waals surface area contributed by atoms with E-state index in [4.69, 9.17) is 4.74 Å². The Morgan fingerprint density at radius 1 is 1.10 bits per heavy atom. The summed E-state index contributed by atoms with van der Waals surface area (Å²) in [6, 6.07) is 4.13. The fourth-order valence-electron chi connectivity index (χ4n) is 2.04. The van der Waals surface area contributed by atoms with Crippen LogP contribution in [0.2, 0.25) is 0 Å². The summed E-state index contributed by atoms with van der Waals surface area (Å²) in [5, 5.41) is 5.67. The number of carbonyl (C=O) groups is 1. The summed E-state index contributed by atoms with van der Waals surface area (Å²) in [5.74, 6) is 0.947. The van der Waals surface area contributed by atoms with Crippen LogP contribution in [0.4, 0.5) is 4.79 Å². The largest absolute Gasteiger partial charge is 0.494 e. The van der Waals surface area contributed by atoms with E-state index in [9.17, 15) is 4.79 Å². The van der Waals surface area contributed by atoms with Crippen molar-refractivity contribution in [3.8, 4) is 5.75 Å². The van der Waals surface area contributed by atoms with Gasteiger partial charge in [0.15, 0.2) is 0 Å². The topological polar surface area (TPSA) is 50.4 Å². The third kappa shape index (κ3) is 5.11. The maximum Gasteiger partial charge on any atom is 0.314 e. The molecule has 112 valence electrons. The number of ether oxygens (including phenoxy) is 1. The zero-order valence-electron chi connectivity index (χ0n) is 13.0. The molecule has 4 heteroatoms. The molecule has 20 heavy (non-hydrogen) atoms. The van der Waals surface area contributed by atoms with Gasteiger partial charge in [0, 0.05) is 13.1 Å². The van der Waals surface area contributed by atoms with E-state index < -0.39 is 0 Å². The lowest BCUT2D eigenvalue weighted by atomic mass is 10.0. The van der Waals surface area contributed by atoms with Crippen LogP contribution in [0.15, 0.2) is 12.1 Å². The highest BCUT2D eigenvalue weighted by molar-refractivity contribution is 5.73. The SMILES string of the molecule is CCCNC(=O)NCCc1cc(C)c(OCC)cc1C. The van der Waals surface area contributed by atoms with Crippen LogP contribution in [-0.2, 0) is 6.42 Å². The van der Waals surface area contributed by atoms with Gasteiger partial charge in [-0.05, 0) is 56.4 Å². The van der Waals surface area contributed by atoms with Crippen LogP contribution in [0.5, 0.6) is 5.75 Å². The first-order valence-corrected chi connectivity index (χ1v) is 7.33. The Labute approximate surface area is 121 Å². The molecule has 0 fully saturated rings. The fraction of sp³-hybridized carbons (Fsp3) is 0.562. The first-order valence-electron chi connectivity index (χ1n) is 7.33. The van der Waals surface area contributed by atoms with Crippen LogP contribution in [0.3, 0.4) is 0 Å². The molecule has 2 N–H and O–H groups in total. The highest BCUT2D eigenvalue weighted by Gasteiger charge is 2.06. The lowest BCUT2D eigenvalue weighted by Gasteiger charge is -2.13. The quantitative estimate of drug-likeness (QED) is 0.805. The molecule has 1 rings (SSSR count). The molecule has 0 saturated carbocycles. The van der Waals surface area contributed by atoms with Gasteiger partial charge in [-0.2, -0.15) is 0 Å². The van der Waals surface area contributed by atoms with Crippen molar-refractivity contribution >= 4 is 6.03 Å². The number of benzene rings is 1. The van der Waals surface area contributed by atoms with Crippen molar-refractivity contribution in [2.75, 3.05) is 19.7 Å². The Hall–Kier alpha value is -1.71. The van der Waals surface area contributed by atoms with Gasteiger partial charge in [-0.1, -0.05) is 13.0 Å². The fourth-order valence-corrected chi connectivity index (χ4v) is 2.04. The summed E-state index contributed by atoms with van der Waals surface area (Å²) in [7, 11) is 0. The smallest absolute Gasteiger partial charge is 0.314 e. The Morgan fingerprint density at radius 2 is 1.80 bits per heavy atom. The molecule has 0 heterocycles. The second-order valence-electron chi connectivity index (χ2n) is 4.91. The number of carbonyl (C=O) groups excluding carboxylic acids is 1. The Balaban J connectivity index is 2.52. The summed E-state index contributed by atoms with van der Waals surface area (Å²) in [6.45, 7) is 10.2. The molecular formula is C16H26N2O2. The average molecular weight is 278 g/mol. The van der Waals surface area contributed by atoms with Gasteiger partial charge in [0.25, 0.3) is 0 Å². The molecule has 0 aliphatic carbocycles. The highest BCUT2D eigenvalue weighted by Crippen LogP contribution is 2.23. The minimum atomic E-state index is -0.0906. The zero-order valence-corrected chi connectivity index (χ0v) is 13.0. The van der Waals surface area contributed by atoms with Gasteiger partial charge in [-0.3, -0.25) is 0 Å². The molecule has 0 aromatic heterocycles. The van der Waals surface area contributed by atoms with E-state index in [0.29, 0.717) is 19.7 Å². The number of rotatable bonds is 7. The maximum atomic E-state index is 11.4. The second-order valence-corrected chi connectivity index (χ2v) is 4.91. The number of amides is 2. The molecule has 4 nitrogen and oxygen atoms in total. The number of urea groups is 1. The third-order valence-electron chi connectivity index (χ3n) is 3.15. The predicted molar refractivity (Wildman–Crippen MR) is 82.5 cm³/mol. The first-order chi connectivity index (χ1) is 9.58. The molecule has 0 spiro atoms. The molecule has 0 aliphatic rings. The highest BCUT2D eigenvalue weighted by atomic mass is 16.5. The zero-order chi connectivity index (χ0) is 15.0. The molecule has 1 aromatic carbocycles. The standard InChI is InChI=1S/C16H26N2O2/c1-5-8-17-16(19)18-9-7-14-10-13(4)15(20-6-2)11-12(14)3/h10-11H,5-9H2,1-4H3,(H2,17,18,19). The van der Waals surface area contributed by atoms with Crippen molar-refractivity contribution in [1.29, 1.82) is 0 Å². The van der Waals surface area contributed by atoms with E-state index >= 15 is 0 Å². The molecular weight excluding hydrogens is 252 g/mol. The van der Waals surface area contributed by atoms with Crippen LogP contribution >= 0.6 is 0 Å². The number of nitrogens with one attached hydrogen (secondary N) is 2. The normalized spacial score (nSPS) is 10.2. The summed E-state index contributed by atoms with van der Waals surface area (Å²) >= 11 is 0. The van der Waals surface area contributed by atoms with Gasteiger partial charge < -0.3 is 15.4 Å². The summed E-state index contributed by atoms with van der Waals surface area (Å²) in [6.07, 6.45) is 1.78. The van der Waals surface area contributed by atoms with Crippen LogP contribution < -0.4 is 15.4 Å². The number of hydrogen-bond acceptors (Lipinski definition) is 2. The number of aryl methyl sites for hydroxylation is 2. The summed E-state index contributed by atoms with van der Waals surface area (Å²) in [5.41, 5.74) is 3.60. The minimum absolute atomic E-state index is 0.0906. The first kappa shape index (κ1) is 16.3. The lowest BCUT2D eigenvalue weighted by molar-refractivity contribution is 0.241. The van der Waals surface area contributed by atoms with Gasteiger partial charge in [0.1, 0.15) is 5.75 Å². The lowest BCUT2D eigenvalue weighted by Crippen LogP contribution is -2.36. The van der Waals surface area contributed by atoms with E-state index in [1.165, 1.54) is 11.1 Å². The second kappa shape index (κ2) is 8.46. The minimum Gasteiger partial charge on any atom is -0.494 e. The monoisotopic (exact) mass is 278 g/mol. The van der Waals surface area contributed by atoms with Gasteiger partial charge in [-0.25, -0.2) is 4.79 Å². The van der Waals surface area contributed by atoms with E-state index in [-0.39, 0.29) is 6.03 Å². The predicted octanol–water partition coefficient (Wildman–Crippen LogP) is 2.95. The number of hydrogen-bond donors (Lipinski definition) is 2. The van der Waals surface area contributed by atoms with Crippen LogP contribution in [0.1, 0.15) is 37.0 Å². The van der Waals surface area contributed by atoms with Crippen LogP contribution in [0, 0.1) is 13.8 Å². The maximum absolute atomic E-state index is 11.4. The van der Waals surface area contributed by atoms with Gasteiger partial charge >= 0.3 is 6.03 Å². The molecule has 0 aliphatic heterocycles. The summed E-state index contributed by atoms with van der Waals surface area (Å²) < 4.78 is 5.58. The van der Waals surface area contributed by atoms with Crippen molar-refractivity contribution in [2.24, 2.45) is 0 Å². The molecule has 0 radical (unpaired) electrons. The average Bonchev–Trinajstić information content (AvgIpc) is 2.42. The van der Waals surface area contributed by atoms with E-state index in [0.717, 1.165) is 24.2 Å². The van der Waals surface area contributed by atoms with E-state index in [1.54, 1.807) is 0 Å². The molecule has 2 amide bonds. The third-order valence-corrected chi connectivity index (χ3v) is 3.15. The van der Waals surface area contributed by atoms with Crippen LogP contribution in [-0.4, -0.2) is 25.7 Å².